The maximum atomic E-state index is 12.0. The third-order valence-electron chi connectivity index (χ3n) is 3.73. The fourth-order valence-electron chi connectivity index (χ4n) is 2.15. The normalized spacial score (nSPS) is 14.0. The van der Waals surface area contributed by atoms with Crippen LogP contribution in [0.15, 0.2) is 29.2 Å². The Bertz CT molecular complexity index is 670. The fraction of sp³-hybridized carbons (Fsp3) is 0.500. The average Bonchev–Trinajstić information content (AvgIpc) is 2.52. The van der Waals surface area contributed by atoms with E-state index in [1.54, 1.807) is 26.0 Å². The minimum Gasteiger partial charge on any atom is -0.480 e. The molecule has 0 saturated heterocycles. The summed E-state index contributed by atoms with van der Waals surface area (Å²) in [5.74, 6) is -1.66. The van der Waals surface area contributed by atoms with E-state index >= 15 is 0 Å². The number of carboxylic acid groups (broad SMARTS) is 1. The summed E-state index contributed by atoms with van der Waals surface area (Å²) in [5, 5.41) is 11.7. The van der Waals surface area contributed by atoms with E-state index < -0.39 is 27.9 Å². The highest BCUT2D eigenvalue weighted by Crippen LogP contribution is 2.12. The van der Waals surface area contributed by atoms with Crippen molar-refractivity contribution in [1.82, 2.24) is 10.0 Å². The van der Waals surface area contributed by atoms with Crippen LogP contribution >= 0.6 is 0 Å². The number of hydrogen-bond acceptors (Lipinski definition) is 4. The summed E-state index contributed by atoms with van der Waals surface area (Å²) in [6.07, 6.45) is 0.621. The van der Waals surface area contributed by atoms with Crippen LogP contribution in [0.4, 0.5) is 0 Å². The molecule has 24 heavy (non-hydrogen) atoms. The molecular formula is C16H24N2O5S. The van der Waals surface area contributed by atoms with Crippen molar-refractivity contribution in [2.75, 3.05) is 6.54 Å². The Hall–Kier alpha value is -1.93. The largest absolute Gasteiger partial charge is 0.480 e. The zero-order chi connectivity index (χ0) is 18.3. The number of aliphatic carboxylic acids is 1. The molecule has 0 aliphatic rings. The minimum absolute atomic E-state index is 0.0122. The molecule has 0 saturated carbocycles. The summed E-state index contributed by atoms with van der Waals surface area (Å²) < 4.78 is 26.1. The zero-order valence-corrected chi connectivity index (χ0v) is 14.9. The smallest absolute Gasteiger partial charge is 0.326 e. The molecular weight excluding hydrogens is 332 g/mol. The standard InChI is InChI=1S/C16H24N2O5S/c1-4-11(3)15(16(20)21)18-14(19)10-12-6-8-13(9-7-12)24(22,23)17-5-2/h6-9,11,15,17H,4-5,10H2,1-3H3,(H,18,19)(H,20,21)/t11-,15-/m0/s1. The first-order valence-electron chi connectivity index (χ1n) is 7.82. The molecule has 0 heterocycles. The van der Waals surface area contributed by atoms with Gasteiger partial charge >= 0.3 is 5.97 Å². The molecule has 8 heteroatoms. The molecule has 0 aliphatic carbocycles. The maximum Gasteiger partial charge on any atom is 0.326 e. The van der Waals surface area contributed by atoms with E-state index in [1.807, 2.05) is 6.92 Å². The second kappa shape index (κ2) is 8.79. The van der Waals surface area contributed by atoms with Crippen LogP contribution in [0.2, 0.25) is 0 Å². The zero-order valence-electron chi connectivity index (χ0n) is 14.1. The van der Waals surface area contributed by atoms with E-state index in [4.69, 9.17) is 0 Å². The van der Waals surface area contributed by atoms with E-state index in [-0.39, 0.29) is 17.2 Å². The first-order chi connectivity index (χ1) is 11.2. The van der Waals surface area contributed by atoms with Crippen LogP contribution in [0.5, 0.6) is 0 Å². The monoisotopic (exact) mass is 356 g/mol. The summed E-state index contributed by atoms with van der Waals surface area (Å²) in [4.78, 5) is 23.4. The van der Waals surface area contributed by atoms with Crippen molar-refractivity contribution in [2.45, 2.75) is 44.6 Å². The Morgan fingerprint density at radius 3 is 2.21 bits per heavy atom. The minimum atomic E-state index is -3.53. The molecule has 1 aromatic carbocycles. The van der Waals surface area contributed by atoms with Gasteiger partial charge in [-0.25, -0.2) is 17.9 Å². The lowest BCUT2D eigenvalue weighted by Gasteiger charge is -2.20. The van der Waals surface area contributed by atoms with Gasteiger partial charge in [0.25, 0.3) is 0 Å². The SMILES string of the molecule is CCNS(=O)(=O)c1ccc(CC(=O)N[C@H](C(=O)O)[C@@H](C)CC)cc1. The van der Waals surface area contributed by atoms with Gasteiger partial charge in [-0.3, -0.25) is 4.79 Å². The van der Waals surface area contributed by atoms with Gasteiger partial charge in [-0.1, -0.05) is 39.3 Å². The lowest BCUT2D eigenvalue weighted by atomic mass is 9.99. The van der Waals surface area contributed by atoms with Gasteiger partial charge < -0.3 is 10.4 Å². The first-order valence-corrected chi connectivity index (χ1v) is 9.30. The van der Waals surface area contributed by atoms with Crippen molar-refractivity contribution in [1.29, 1.82) is 0 Å². The summed E-state index contributed by atoms with van der Waals surface area (Å²) in [6.45, 7) is 5.60. The Balaban J connectivity index is 2.76. The van der Waals surface area contributed by atoms with Gasteiger partial charge in [0.15, 0.2) is 0 Å². The summed E-state index contributed by atoms with van der Waals surface area (Å²) >= 11 is 0. The molecule has 0 aliphatic heterocycles. The van der Waals surface area contributed by atoms with Crippen molar-refractivity contribution in [3.63, 3.8) is 0 Å². The van der Waals surface area contributed by atoms with Crippen molar-refractivity contribution in [3.8, 4) is 0 Å². The number of sulfonamides is 1. The fourth-order valence-corrected chi connectivity index (χ4v) is 3.19. The van der Waals surface area contributed by atoms with Crippen molar-refractivity contribution >= 4 is 21.9 Å². The van der Waals surface area contributed by atoms with E-state index in [2.05, 4.69) is 10.0 Å². The molecule has 0 radical (unpaired) electrons. The maximum absolute atomic E-state index is 12.0. The van der Waals surface area contributed by atoms with Gasteiger partial charge in [-0.15, -0.1) is 0 Å². The Labute approximate surface area is 142 Å². The van der Waals surface area contributed by atoms with E-state index in [0.29, 0.717) is 18.5 Å². The Morgan fingerprint density at radius 1 is 1.17 bits per heavy atom. The van der Waals surface area contributed by atoms with Crippen molar-refractivity contribution < 1.29 is 23.1 Å². The number of carbonyl (C=O) groups excluding carboxylic acids is 1. The third-order valence-corrected chi connectivity index (χ3v) is 5.29. The van der Waals surface area contributed by atoms with Gasteiger partial charge in [-0.2, -0.15) is 0 Å². The molecule has 7 nitrogen and oxygen atoms in total. The number of hydrogen-bond donors (Lipinski definition) is 3. The molecule has 134 valence electrons. The Kier molecular flexibility index (Phi) is 7.37. The molecule has 0 fully saturated rings. The first kappa shape index (κ1) is 20.1. The topological polar surface area (TPSA) is 113 Å². The molecule has 1 aromatic rings. The average molecular weight is 356 g/mol. The van der Waals surface area contributed by atoms with Crippen LogP contribution < -0.4 is 10.0 Å². The number of carbonyl (C=O) groups is 2. The van der Waals surface area contributed by atoms with Crippen molar-refractivity contribution in [3.05, 3.63) is 29.8 Å². The van der Waals surface area contributed by atoms with E-state index in [0.717, 1.165) is 0 Å². The van der Waals surface area contributed by atoms with Crippen LogP contribution in [0.1, 0.15) is 32.8 Å². The number of nitrogens with one attached hydrogen (secondary N) is 2. The van der Waals surface area contributed by atoms with Gasteiger partial charge in [-0.05, 0) is 23.6 Å². The molecule has 1 rings (SSSR count). The van der Waals surface area contributed by atoms with Gasteiger partial charge in [0.2, 0.25) is 15.9 Å². The number of amides is 1. The third kappa shape index (κ3) is 5.61. The molecule has 0 aromatic heterocycles. The summed E-state index contributed by atoms with van der Waals surface area (Å²) in [6, 6.07) is 5.00. The van der Waals surface area contributed by atoms with Gasteiger partial charge in [0, 0.05) is 6.54 Å². The molecule has 1 amide bonds. The van der Waals surface area contributed by atoms with Crippen LogP contribution in [-0.2, 0) is 26.0 Å². The predicted octanol–water partition coefficient (Wildman–Crippen LogP) is 1.14. The quantitative estimate of drug-likeness (QED) is 0.614. The van der Waals surface area contributed by atoms with Gasteiger partial charge in [0.05, 0.1) is 11.3 Å². The van der Waals surface area contributed by atoms with Crippen LogP contribution in [0.25, 0.3) is 0 Å². The Morgan fingerprint density at radius 2 is 1.75 bits per heavy atom. The highest BCUT2D eigenvalue weighted by atomic mass is 32.2. The molecule has 3 N–H and O–H groups in total. The summed E-state index contributed by atoms with van der Waals surface area (Å²) in [7, 11) is -3.53. The molecule has 0 unspecified atom stereocenters. The molecule has 0 spiro atoms. The van der Waals surface area contributed by atoms with Crippen LogP contribution in [0.3, 0.4) is 0 Å². The molecule has 0 bridgehead atoms. The van der Waals surface area contributed by atoms with E-state index in [1.165, 1.54) is 12.1 Å². The highest BCUT2D eigenvalue weighted by Gasteiger charge is 2.25. The van der Waals surface area contributed by atoms with Gasteiger partial charge in [0.1, 0.15) is 6.04 Å². The number of carboxylic acids is 1. The van der Waals surface area contributed by atoms with Crippen LogP contribution in [-0.4, -0.2) is 38.0 Å². The summed E-state index contributed by atoms with van der Waals surface area (Å²) in [5.41, 5.74) is 0.608. The number of rotatable bonds is 9. The lowest BCUT2D eigenvalue weighted by molar-refractivity contribution is -0.143. The lowest BCUT2D eigenvalue weighted by Crippen LogP contribution is -2.45. The highest BCUT2D eigenvalue weighted by molar-refractivity contribution is 7.89. The second-order valence-corrected chi connectivity index (χ2v) is 7.36. The van der Waals surface area contributed by atoms with E-state index in [9.17, 15) is 23.1 Å². The number of benzene rings is 1. The predicted molar refractivity (Wildman–Crippen MR) is 90.0 cm³/mol. The van der Waals surface area contributed by atoms with Crippen molar-refractivity contribution in [2.24, 2.45) is 5.92 Å². The molecule has 2 atom stereocenters. The van der Waals surface area contributed by atoms with Crippen LogP contribution in [0, 0.1) is 5.92 Å². The second-order valence-electron chi connectivity index (χ2n) is 5.59.